The highest BCUT2D eigenvalue weighted by atomic mass is 32.2. The van der Waals surface area contributed by atoms with Gasteiger partial charge in [0.2, 0.25) is 11.8 Å². The first kappa shape index (κ1) is 40.2. The molecule has 3 aliphatic heterocycles. The maximum Gasteiger partial charge on any atom is 0.410 e. The number of amides is 5. The first-order valence-electron chi connectivity index (χ1n) is 18.6. The van der Waals surface area contributed by atoms with E-state index in [-0.39, 0.29) is 31.5 Å². The van der Waals surface area contributed by atoms with E-state index >= 15 is 0 Å². The molecule has 5 amide bonds. The van der Waals surface area contributed by atoms with E-state index < -0.39 is 85.0 Å². The number of benzene rings is 2. The van der Waals surface area contributed by atoms with E-state index in [0.29, 0.717) is 38.8 Å². The molecule has 3 N–H and O–H groups in total. The van der Waals surface area contributed by atoms with Crippen LogP contribution in [-0.4, -0.2) is 88.9 Å². The van der Waals surface area contributed by atoms with Gasteiger partial charge in [-0.15, -0.1) is 0 Å². The van der Waals surface area contributed by atoms with Crippen LogP contribution in [0.4, 0.5) is 15.3 Å². The van der Waals surface area contributed by atoms with Crippen LogP contribution >= 0.6 is 0 Å². The molecule has 4 aliphatic rings. The van der Waals surface area contributed by atoms with Crippen LogP contribution in [0.15, 0.2) is 65.6 Å². The number of allylic oxidation sites excluding steroid dienone is 1. The average molecular weight is 795 g/mol. The van der Waals surface area contributed by atoms with E-state index in [1.165, 1.54) is 9.80 Å². The summed E-state index contributed by atoms with van der Waals surface area (Å²) in [5.74, 6) is -3.01. The third kappa shape index (κ3) is 9.12. The van der Waals surface area contributed by atoms with Crippen molar-refractivity contribution in [2.24, 2.45) is 5.92 Å². The van der Waals surface area contributed by atoms with Gasteiger partial charge in [-0.25, -0.2) is 22.7 Å². The lowest BCUT2D eigenvalue weighted by molar-refractivity contribution is -0.384. The number of ether oxygens (including phenoxy) is 2. The Balaban J connectivity index is 1.26. The van der Waals surface area contributed by atoms with Crippen LogP contribution in [0.5, 0.6) is 0 Å². The molecule has 0 unspecified atom stereocenters. The molecule has 17 nitrogen and oxygen atoms in total. The Morgan fingerprint density at radius 2 is 1.68 bits per heavy atom. The number of carbonyl (C=O) groups is 5. The largest absolute Gasteiger partial charge is 0.444 e. The molecule has 0 bridgehead atoms. The van der Waals surface area contributed by atoms with Gasteiger partial charge in [-0.2, -0.15) is 0 Å². The van der Waals surface area contributed by atoms with Crippen molar-refractivity contribution in [2.45, 2.75) is 113 Å². The number of nitrogens with one attached hydrogen (secondary N) is 3. The van der Waals surface area contributed by atoms with Crippen molar-refractivity contribution in [1.82, 2.24) is 25.2 Å². The van der Waals surface area contributed by atoms with Crippen molar-refractivity contribution in [2.75, 3.05) is 6.54 Å². The van der Waals surface area contributed by atoms with Gasteiger partial charge >= 0.3 is 12.2 Å². The summed E-state index contributed by atoms with van der Waals surface area (Å²) in [6.07, 6.45) is 3.91. The van der Waals surface area contributed by atoms with Crippen LogP contribution in [0.2, 0.25) is 0 Å². The second-order valence-corrected chi connectivity index (χ2v) is 17.3. The third-order valence-electron chi connectivity index (χ3n) is 10.3. The van der Waals surface area contributed by atoms with E-state index in [0.717, 1.165) is 35.4 Å². The van der Waals surface area contributed by atoms with E-state index in [2.05, 4.69) is 10.6 Å². The Bertz CT molecular complexity index is 2010. The molecule has 1 saturated carbocycles. The monoisotopic (exact) mass is 794 g/mol. The van der Waals surface area contributed by atoms with Crippen LogP contribution in [-0.2, 0) is 47.0 Å². The first-order chi connectivity index (χ1) is 26.5. The SMILES string of the molecule is CC(C)(C)OC(=O)N[C@H]1CCCCC/C=C\[C@@H]2C[C@@]2(C(=O)NS(=O)(=O)c2ccc([N+](=O)[O-])cc2)NC(=O)[C@@H]2C[C@@H](OC(=O)N3Cc4ccccc4C3)CN2C1=O. The van der Waals surface area contributed by atoms with Crippen LogP contribution in [0.25, 0.3) is 0 Å². The molecule has 6 rings (SSSR count). The van der Waals surface area contributed by atoms with E-state index in [1.54, 1.807) is 26.8 Å². The zero-order valence-corrected chi connectivity index (χ0v) is 32.2. The molecule has 0 radical (unpaired) electrons. The molecule has 2 fully saturated rings. The van der Waals surface area contributed by atoms with Gasteiger partial charge in [-0.1, -0.05) is 49.3 Å². The van der Waals surface area contributed by atoms with Crippen LogP contribution in [0.1, 0.15) is 76.8 Å². The second-order valence-electron chi connectivity index (χ2n) is 15.6. The molecule has 300 valence electrons. The van der Waals surface area contributed by atoms with Gasteiger partial charge in [-0.05, 0) is 69.7 Å². The Morgan fingerprint density at radius 3 is 2.32 bits per heavy atom. The smallest absolute Gasteiger partial charge is 0.410 e. The molecule has 0 aromatic heterocycles. The maximum absolute atomic E-state index is 14.4. The normalized spacial score (nSPS) is 25.9. The molecule has 2 aromatic carbocycles. The molecule has 2 aromatic rings. The summed E-state index contributed by atoms with van der Waals surface area (Å²) in [7, 11) is -4.53. The highest BCUT2D eigenvalue weighted by Crippen LogP contribution is 2.46. The van der Waals surface area contributed by atoms with Gasteiger partial charge in [0.25, 0.3) is 21.6 Å². The van der Waals surface area contributed by atoms with Crippen LogP contribution in [0.3, 0.4) is 0 Å². The minimum atomic E-state index is -4.53. The molecule has 56 heavy (non-hydrogen) atoms. The number of hydrogen-bond acceptors (Lipinski definition) is 11. The lowest BCUT2D eigenvalue weighted by Gasteiger charge is -2.30. The van der Waals surface area contributed by atoms with E-state index in [4.69, 9.17) is 9.47 Å². The number of alkyl carbamates (subject to hydrolysis) is 1. The summed E-state index contributed by atoms with van der Waals surface area (Å²) in [4.78, 5) is 81.7. The summed E-state index contributed by atoms with van der Waals surface area (Å²) < 4.78 is 39.9. The topological polar surface area (TPSA) is 224 Å². The Kier molecular flexibility index (Phi) is 11.4. The fourth-order valence-electron chi connectivity index (χ4n) is 7.31. The van der Waals surface area contributed by atoms with Gasteiger partial charge in [0.1, 0.15) is 29.3 Å². The van der Waals surface area contributed by atoms with Crippen molar-refractivity contribution < 1.29 is 46.8 Å². The molecule has 0 spiro atoms. The van der Waals surface area contributed by atoms with Crippen molar-refractivity contribution in [3.05, 3.63) is 81.9 Å². The summed E-state index contributed by atoms with van der Waals surface area (Å²) in [5, 5.41) is 16.5. The second kappa shape index (κ2) is 15.9. The number of fused-ring (bicyclic) bond motifs is 3. The zero-order chi connectivity index (χ0) is 40.4. The van der Waals surface area contributed by atoms with Crippen molar-refractivity contribution >= 4 is 45.6 Å². The summed E-state index contributed by atoms with van der Waals surface area (Å²) in [6, 6.07) is 9.20. The number of hydrogen-bond donors (Lipinski definition) is 3. The van der Waals surface area contributed by atoms with Gasteiger partial charge in [0, 0.05) is 37.6 Å². The van der Waals surface area contributed by atoms with Gasteiger partial charge in [0.05, 0.1) is 16.4 Å². The molecule has 5 atom stereocenters. The Labute approximate surface area is 324 Å². The summed E-state index contributed by atoms with van der Waals surface area (Å²) in [6.45, 7) is 5.52. The quantitative estimate of drug-likeness (QED) is 0.217. The Hall–Kier alpha value is -5.52. The first-order valence-corrected chi connectivity index (χ1v) is 20.1. The summed E-state index contributed by atoms with van der Waals surface area (Å²) in [5.41, 5.74) is -0.974. The van der Waals surface area contributed by atoms with Crippen LogP contribution in [0, 0.1) is 16.0 Å². The number of nitrogens with zero attached hydrogens (tertiary/aromatic N) is 3. The predicted molar refractivity (Wildman–Crippen MR) is 199 cm³/mol. The number of sulfonamides is 1. The fraction of sp³-hybridized carbons (Fsp3) is 0.500. The lowest BCUT2D eigenvalue weighted by Crippen LogP contribution is -2.58. The van der Waals surface area contributed by atoms with Crippen molar-refractivity contribution in [3.63, 3.8) is 0 Å². The van der Waals surface area contributed by atoms with E-state index in [9.17, 15) is 42.5 Å². The van der Waals surface area contributed by atoms with Crippen molar-refractivity contribution in [3.8, 4) is 0 Å². The molecular formula is C38H46N6O11S. The molecule has 3 heterocycles. The predicted octanol–water partition coefficient (Wildman–Crippen LogP) is 3.81. The highest BCUT2D eigenvalue weighted by molar-refractivity contribution is 7.90. The molecular weight excluding hydrogens is 749 g/mol. The van der Waals surface area contributed by atoms with Crippen LogP contribution < -0.4 is 15.4 Å². The zero-order valence-electron chi connectivity index (χ0n) is 31.4. The van der Waals surface area contributed by atoms with Gasteiger partial charge in [-0.3, -0.25) is 29.4 Å². The molecule has 1 aliphatic carbocycles. The van der Waals surface area contributed by atoms with Gasteiger partial charge in [0.15, 0.2) is 0 Å². The number of rotatable bonds is 6. The molecule has 18 heteroatoms. The number of nitro benzene ring substituents is 1. The van der Waals surface area contributed by atoms with Gasteiger partial charge < -0.3 is 25.0 Å². The standard InChI is InChI=1S/C38H46N6O11S/c1-37(2,3)55-35(48)39-30-14-8-6-4-5-7-13-26-20-38(26,34(47)41-56(52,53)29-17-15-27(16-18-29)44(50)51)40-32(45)31-19-28(23-43(31)33(30)46)54-36(49)42-21-24-11-9-10-12-25(24)22-42/h7,9-13,15-18,26,28,30-31H,4-6,8,14,19-23H2,1-3H3,(H,39,48)(H,40,45)(H,41,47)/b13-7-/t26-,28-,30+,31+,38-/m1/s1. The fourth-order valence-corrected chi connectivity index (χ4v) is 8.35. The minimum Gasteiger partial charge on any atom is -0.444 e. The highest BCUT2D eigenvalue weighted by Gasteiger charge is 2.61. The Morgan fingerprint density at radius 1 is 1.00 bits per heavy atom. The number of nitro groups is 1. The minimum absolute atomic E-state index is 0.0499. The summed E-state index contributed by atoms with van der Waals surface area (Å²) >= 11 is 0. The third-order valence-corrected chi connectivity index (χ3v) is 11.6. The number of non-ortho nitro benzene ring substituents is 1. The number of carbonyl (C=O) groups excluding carboxylic acids is 5. The lowest BCUT2D eigenvalue weighted by atomic mass is 10.0. The molecule has 1 saturated heterocycles. The maximum atomic E-state index is 14.4. The van der Waals surface area contributed by atoms with E-state index in [1.807, 2.05) is 35.1 Å². The van der Waals surface area contributed by atoms with Crippen molar-refractivity contribution in [1.29, 1.82) is 0 Å². The average Bonchev–Trinajstić information content (AvgIpc) is 3.42.